The Kier molecular flexibility index (Phi) is 9.33. The average Bonchev–Trinajstić information content (AvgIpc) is 2.39. The van der Waals surface area contributed by atoms with Gasteiger partial charge in [0.1, 0.15) is 0 Å². The van der Waals surface area contributed by atoms with Crippen molar-refractivity contribution in [3.05, 3.63) is 0 Å². The molecule has 0 fully saturated rings. The Morgan fingerprint density at radius 1 is 1.00 bits per heavy atom. The van der Waals surface area contributed by atoms with Crippen LogP contribution in [-0.2, 0) is 19.1 Å². The molecule has 0 spiro atoms. The lowest BCUT2D eigenvalue weighted by molar-refractivity contribution is -0.149. The largest absolute Gasteiger partial charge is 0.469 e. The quantitative estimate of drug-likeness (QED) is 0.471. The summed E-state index contributed by atoms with van der Waals surface area (Å²) in [5.74, 6) is -0.939. The summed E-state index contributed by atoms with van der Waals surface area (Å²) in [6.45, 7) is 3.94. The van der Waals surface area contributed by atoms with E-state index >= 15 is 0 Å². The maximum Gasteiger partial charge on any atom is 0.308 e. The molecule has 0 aliphatic heterocycles. The zero-order valence-corrected chi connectivity index (χ0v) is 12.0. The number of hydrogen-bond donors (Lipinski definition) is 0. The van der Waals surface area contributed by atoms with Crippen LogP contribution in [0, 0.1) is 11.8 Å². The molecule has 0 radical (unpaired) electrons. The highest BCUT2D eigenvalue weighted by molar-refractivity contribution is 5.75. The third kappa shape index (κ3) is 6.62. The van der Waals surface area contributed by atoms with E-state index in [2.05, 4.69) is 11.7 Å². The predicted octanol–water partition coefficient (Wildman–Crippen LogP) is 2.95. The van der Waals surface area contributed by atoms with Crippen LogP contribution < -0.4 is 0 Å². The zero-order valence-electron chi connectivity index (χ0n) is 12.0. The van der Waals surface area contributed by atoms with Gasteiger partial charge in [-0.05, 0) is 12.8 Å². The molecule has 18 heavy (non-hydrogen) atoms. The Hall–Kier alpha value is -1.06. The Morgan fingerprint density at radius 2 is 1.61 bits per heavy atom. The summed E-state index contributed by atoms with van der Waals surface area (Å²) in [7, 11) is 2.76. The van der Waals surface area contributed by atoms with Gasteiger partial charge < -0.3 is 9.47 Å². The molecule has 0 N–H and O–H groups in total. The lowest BCUT2D eigenvalue weighted by Gasteiger charge is -2.17. The van der Waals surface area contributed by atoms with Crippen molar-refractivity contribution in [2.24, 2.45) is 11.8 Å². The van der Waals surface area contributed by atoms with Crippen LogP contribution in [-0.4, -0.2) is 26.2 Å². The van der Waals surface area contributed by atoms with Crippen molar-refractivity contribution in [1.82, 2.24) is 0 Å². The summed E-state index contributed by atoms with van der Waals surface area (Å²) in [5, 5.41) is 0. The summed E-state index contributed by atoms with van der Waals surface area (Å²) >= 11 is 0. The number of hydrogen-bond acceptors (Lipinski definition) is 4. The zero-order chi connectivity index (χ0) is 14.0. The number of rotatable bonds is 9. The Morgan fingerprint density at radius 3 is 2.11 bits per heavy atom. The second-order valence-electron chi connectivity index (χ2n) is 4.73. The molecule has 106 valence electrons. The molecule has 0 amide bonds. The maximum atomic E-state index is 11.6. The Labute approximate surface area is 110 Å². The van der Waals surface area contributed by atoms with Gasteiger partial charge in [0, 0.05) is 0 Å². The van der Waals surface area contributed by atoms with E-state index in [0.29, 0.717) is 6.42 Å². The molecule has 0 aromatic rings. The SMILES string of the molecule is CCCCCCC(CC(C)C(=O)OC)C(=O)OC. The van der Waals surface area contributed by atoms with Crippen LogP contribution >= 0.6 is 0 Å². The average molecular weight is 258 g/mol. The monoisotopic (exact) mass is 258 g/mol. The predicted molar refractivity (Wildman–Crippen MR) is 70.1 cm³/mol. The lowest BCUT2D eigenvalue weighted by atomic mass is 9.91. The lowest BCUT2D eigenvalue weighted by Crippen LogP contribution is -2.23. The smallest absolute Gasteiger partial charge is 0.308 e. The second-order valence-corrected chi connectivity index (χ2v) is 4.73. The van der Waals surface area contributed by atoms with Crippen molar-refractivity contribution in [3.8, 4) is 0 Å². The molecule has 0 heterocycles. The van der Waals surface area contributed by atoms with Crippen LogP contribution in [0.25, 0.3) is 0 Å². The fourth-order valence-electron chi connectivity index (χ4n) is 2.04. The van der Waals surface area contributed by atoms with Gasteiger partial charge in [0.25, 0.3) is 0 Å². The number of unbranched alkanes of at least 4 members (excludes halogenated alkanes) is 3. The number of methoxy groups -OCH3 is 2. The summed E-state index contributed by atoms with van der Waals surface area (Å²) in [5.41, 5.74) is 0. The van der Waals surface area contributed by atoms with Gasteiger partial charge in [-0.3, -0.25) is 9.59 Å². The van der Waals surface area contributed by atoms with Gasteiger partial charge >= 0.3 is 11.9 Å². The van der Waals surface area contributed by atoms with E-state index in [1.165, 1.54) is 27.1 Å². The highest BCUT2D eigenvalue weighted by atomic mass is 16.5. The van der Waals surface area contributed by atoms with Crippen LogP contribution in [0.15, 0.2) is 0 Å². The highest BCUT2D eigenvalue weighted by Gasteiger charge is 2.25. The highest BCUT2D eigenvalue weighted by Crippen LogP contribution is 2.21. The molecule has 2 unspecified atom stereocenters. The summed E-state index contributed by atoms with van der Waals surface area (Å²) in [6.07, 6.45) is 5.76. The van der Waals surface area contributed by atoms with E-state index in [1.807, 2.05) is 0 Å². The van der Waals surface area contributed by atoms with Crippen molar-refractivity contribution in [3.63, 3.8) is 0 Å². The fourth-order valence-corrected chi connectivity index (χ4v) is 2.04. The van der Waals surface area contributed by atoms with Gasteiger partial charge in [-0.1, -0.05) is 39.5 Å². The molecule has 2 atom stereocenters. The van der Waals surface area contributed by atoms with E-state index in [0.717, 1.165) is 19.3 Å². The van der Waals surface area contributed by atoms with Gasteiger partial charge in [0.15, 0.2) is 0 Å². The molecule has 0 aliphatic rings. The van der Waals surface area contributed by atoms with Crippen molar-refractivity contribution >= 4 is 11.9 Å². The van der Waals surface area contributed by atoms with Crippen molar-refractivity contribution in [2.45, 2.75) is 52.4 Å². The minimum atomic E-state index is -0.266. The van der Waals surface area contributed by atoms with E-state index in [9.17, 15) is 9.59 Å². The van der Waals surface area contributed by atoms with Gasteiger partial charge in [0.05, 0.1) is 26.1 Å². The summed E-state index contributed by atoms with van der Waals surface area (Å²) in [6, 6.07) is 0. The van der Waals surface area contributed by atoms with E-state index in [4.69, 9.17) is 4.74 Å². The summed E-state index contributed by atoms with van der Waals surface area (Å²) < 4.78 is 9.47. The van der Waals surface area contributed by atoms with E-state index < -0.39 is 0 Å². The molecule has 4 heteroatoms. The molecule has 0 aliphatic carbocycles. The molecular formula is C14H26O4. The van der Waals surface area contributed by atoms with Crippen LogP contribution in [0.5, 0.6) is 0 Å². The molecular weight excluding hydrogens is 232 g/mol. The first-order valence-electron chi connectivity index (χ1n) is 6.72. The Bertz CT molecular complexity index is 250. The van der Waals surface area contributed by atoms with Gasteiger partial charge in [-0.25, -0.2) is 0 Å². The van der Waals surface area contributed by atoms with E-state index in [1.54, 1.807) is 6.92 Å². The molecule has 0 aromatic heterocycles. The first kappa shape index (κ1) is 16.9. The van der Waals surface area contributed by atoms with Crippen molar-refractivity contribution in [1.29, 1.82) is 0 Å². The van der Waals surface area contributed by atoms with Crippen LogP contribution in [0.2, 0.25) is 0 Å². The van der Waals surface area contributed by atoms with Gasteiger partial charge in [-0.15, -0.1) is 0 Å². The minimum absolute atomic E-state index is 0.194. The second kappa shape index (κ2) is 9.92. The van der Waals surface area contributed by atoms with Crippen molar-refractivity contribution < 1.29 is 19.1 Å². The maximum absolute atomic E-state index is 11.6. The van der Waals surface area contributed by atoms with Crippen molar-refractivity contribution in [2.75, 3.05) is 14.2 Å². The molecule has 0 rings (SSSR count). The number of carbonyl (C=O) groups excluding carboxylic acids is 2. The molecule has 0 aromatic carbocycles. The van der Waals surface area contributed by atoms with Crippen LogP contribution in [0.3, 0.4) is 0 Å². The van der Waals surface area contributed by atoms with Crippen LogP contribution in [0.4, 0.5) is 0 Å². The standard InChI is InChI=1S/C14H26O4/c1-5-6-7-8-9-12(14(16)18-4)10-11(2)13(15)17-3/h11-12H,5-10H2,1-4H3. The molecule has 4 nitrogen and oxygen atoms in total. The topological polar surface area (TPSA) is 52.6 Å². The number of ether oxygens (including phenoxy) is 2. The fraction of sp³-hybridized carbons (Fsp3) is 0.857. The normalized spacial score (nSPS) is 13.8. The third-order valence-electron chi connectivity index (χ3n) is 3.18. The number of esters is 2. The molecule has 0 saturated heterocycles. The van der Waals surface area contributed by atoms with Gasteiger partial charge in [0.2, 0.25) is 0 Å². The molecule has 0 saturated carbocycles. The first-order valence-corrected chi connectivity index (χ1v) is 6.72. The Balaban J connectivity index is 4.22. The minimum Gasteiger partial charge on any atom is -0.469 e. The first-order chi connectivity index (χ1) is 8.56. The number of carbonyl (C=O) groups is 2. The van der Waals surface area contributed by atoms with Gasteiger partial charge in [-0.2, -0.15) is 0 Å². The van der Waals surface area contributed by atoms with E-state index in [-0.39, 0.29) is 23.8 Å². The third-order valence-corrected chi connectivity index (χ3v) is 3.18. The summed E-state index contributed by atoms with van der Waals surface area (Å²) in [4.78, 5) is 23.0. The van der Waals surface area contributed by atoms with Crippen LogP contribution in [0.1, 0.15) is 52.4 Å². The molecule has 0 bridgehead atoms.